The van der Waals surface area contributed by atoms with Crippen LogP contribution in [0.15, 0.2) is 12.1 Å². The third-order valence-corrected chi connectivity index (χ3v) is 3.04. The Morgan fingerprint density at radius 3 is 2.40 bits per heavy atom. The van der Waals surface area contributed by atoms with Crippen molar-refractivity contribution >= 4 is 23.5 Å². The van der Waals surface area contributed by atoms with Crippen molar-refractivity contribution in [2.45, 2.75) is 6.42 Å². The highest BCUT2D eigenvalue weighted by atomic mass is 19.2. The minimum absolute atomic E-state index is 0.385. The lowest BCUT2D eigenvalue weighted by Crippen LogP contribution is -2.29. The maximum Gasteiger partial charge on any atom is 0.337 e. The van der Waals surface area contributed by atoms with Crippen LogP contribution < -0.4 is 4.90 Å². The van der Waals surface area contributed by atoms with Gasteiger partial charge in [-0.3, -0.25) is 9.59 Å². The van der Waals surface area contributed by atoms with Crippen LogP contribution in [0.2, 0.25) is 0 Å². The molecule has 1 atom stereocenters. The average Bonchev–Trinajstić information content (AvgIpc) is 2.74. The van der Waals surface area contributed by atoms with Gasteiger partial charge in [-0.05, 0) is 12.1 Å². The van der Waals surface area contributed by atoms with Gasteiger partial charge in [0, 0.05) is 13.0 Å². The summed E-state index contributed by atoms with van der Waals surface area (Å²) in [7, 11) is 0. The second kappa shape index (κ2) is 4.87. The van der Waals surface area contributed by atoms with E-state index in [1.807, 2.05) is 0 Å². The fraction of sp³-hybridized carbons (Fsp3) is 0.250. The van der Waals surface area contributed by atoms with Crippen LogP contribution in [0.3, 0.4) is 0 Å². The van der Waals surface area contributed by atoms with Crippen LogP contribution in [0.4, 0.5) is 14.5 Å². The number of carbonyl (C=O) groups is 3. The Kier molecular flexibility index (Phi) is 3.39. The number of hydrogen-bond donors (Lipinski definition) is 2. The summed E-state index contributed by atoms with van der Waals surface area (Å²) in [6.07, 6.45) is -0.385. The molecule has 6 nitrogen and oxygen atoms in total. The SMILES string of the molecule is O=C(O)c1ccc(F)c(F)c1N1CC(C(=O)O)CC1=O. The van der Waals surface area contributed by atoms with Crippen LogP contribution in [0.25, 0.3) is 0 Å². The molecule has 1 unspecified atom stereocenters. The Hall–Kier alpha value is -2.51. The first-order valence-electron chi connectivity index (χ1n) is 5.57. The molecule has 8 heteroatoms. The van der Waals surface area contributed by atoms with Crippen molar-refractivity contribution in [3.8, 4) is 0 Å². The third-order valence-electron chi connectivity index (χ3n) is 3.04. The van der Waals surface area contributed by atoms with Gasteiger partial charge in [-0.1, -0.05) is 0 Å². The second-order valence-electron chi connectivity index (χ2n) is 4.31. The molecule has 2 rings (SSSR count). The quantitative estimate of drug-likeness (QED) is 0.867. The lowest BCUT2D eigenvalue weighted by molar-refractivity contribution is -0.141. The number of rotatable bonds is 3. The van der Waals surface area contributed by atoms with Crippen LogP contribution >= 0.6 is 0 Å². The molecule has 0 aromatic heterocycles. The zero-order chi connectivity index (χ0) is 15.0. The molecule has 2 N–H and O–H groups in total. The summed E-state index contributed by atoms with van der Waals surface area (Å²) in [4.78, 5) is 34.2. The molecular weight excluding hydrogens is 276 g/mol. The first-order chi connectivity index (χ1) is 9.32. The van der Waals surface area contributed by atoms with Crippen LogP contribution in [0, 0.1) is 17.6 Å². The summed E-state index contributed by atoms with van der Waals surface area (Å²) in [5.41, 5.74) is -1.32. The standard InChI is InChI=1S/C12H9F2NO5/c13-7-2-1-6(12(19)20)10(9(7)14)15-4-5(11(17)18)3-8(15)16/h1-2,5H,3-4H2,(H,17,18)(H,19,20). The summed E-state index contributed by atoms with van der Waals surface area (Å²) >= 11 is 0. The first kappa shape index (κ1) is 13.9. The Morgan fingerprint density at radius 2 is 1.90 bits per heavy atom. The summed E-state index contributed by atoms with van der Waals surface area (Å²) in [6, 6.07) is 1.47. The topological polar surface area (TPSA) is 94.9 Å². The van der Waals surface area contributed by atoms with E-state index in [-0.39, 0.29) is 6.42 Å². The van der Waals surface area contributed by atoms with E-state index in [4.69, 9.17) is 10.2 Å². The van der Waals surface area contributed by atoms with Crippen molar-refractivity contribution in [2.75, 3.05) is 11.4 Å². The van der Waals surface area contributed by atoms with E-state index < -0.39 is 53.2 Å². The number of hydrogen-bond acceptors (Lipinski definition) is 3. The van der Waals surface area contributed by atoms with Gasteiger partial charge in [-0.2, -0.15) is 0 Å². The Balaban J connectivity index is 2.52. The number of aromatic carboxylic acids is 1. The van der Waals surface area contributed by atoms with E-state index in [1.54, 1.807) is 0 Å². The van der Waals surface area contributed by atoms with Crippen molar-refractivity contribution in [3.05, 3.63) is 29.3 Å². The Bertz CT molecular complexity index is 616. The van der Waals surface area contributed by atoms with Gasteiger partial charge in [0.25, 0.3) is 0 Å². The molecule has 106 valence electrons. The van der Waals surface area contributed by atoms with Gasteiger partial charge in [0.1, 0.15) is 0 Å². The Labute approximate surface area is 111 Å². The molecule has 1 saturated heterocycles. The molecule has 1 aliphatic rings. The van der Waals surface area contributed by atoms with Crippen LogP contribution in [0.1, 0.15) is 16.8 Å². The highest BCUT2D eigenvalue weighted by Crippen LogP contribution is 2.32. The fourth-order valence-corrected chi connectivity index (χ4v) is 2.07. The number of anilines is 1. The van der Waals surface area contributed by atoms with Crippen molar-refractivity contribution in [1.82, 2.24) is 0 Å². The number of amides is 1. The molecular formula is C12H9F2NO5. The van der Waals surface area contributed by atoms with Crippen LogP contribution in [-0.2, 0) is 9.59 Å². The van der Waals surface area contributed by atoms with E-state index >= 15 is 0 Å². The predicted molar refractivity (Wildman–Crippen MR) is 61.4 cm³/mol. The minimum atomic E-state index is -1.54. The molecule has 0 saturated carbocycles. The highest BCUT2D eigenvalue weighted by Gasteiger charge is 2.38. The third kappa shape index (κ3) is 2.20. The normalized spacial score (nSPS) is 18.4. The zero-order valence-electron chi connectivity index (χ0n) is 9.97. The van der Waals surface area contributed by atoms with Gasteiger partial charge in [0.05, 0.1) is 17.2 Å². The van der Waals surface area contributed by atoms with E-state index in [0.717, 1.165) is 6.07 Å². The number of nitrogens with zero attached hydrogens (tertiary/aromatic N) is 1. The number of carboxylic acids is 2. The van der Waals surface area contributed by atoms with Crippen molar-refractivity contribution in [1.29, 1.82) is 0 Å². The molecule has 1 aromatic rings. The minimum Gasteiger partial charge on any atom is -0.481 e. The van der Waals surface area contributed by atoms with Gasteiger partial charge in [0.2, 0.25) is 5.91 Å². The number of halogens is 2. The van der Waals surface area contributed by atoms with Crippen molar-refractivity contribution in [2.24, 2.45) is 5.92 Å². The summed E-state index contributed by atoms with van der Waals surface area (Å²) in [5.74, 6) is -7.42. The molecule has 1 aromatic carbocycles. The predicted octanol–water partition coefficient (Wildman–Crippen LogP) is 1.10. The summed E-state index contributed by atoms with van der Waals surface area (Å²) in [6.45, 7) is -0.394. The average molecular weight is 285 g/mol. The largest absolute Gasteiger partial charge is 0.481 e. The number of carbonyl (C=O) groups excluding carboxylic acids is 1. The van der Waals surface area contributed by atoms with E-state index in [9.17, 15) is 23.2 Å². The van der Waals surface area contributed by atoms with E-state index in [2.05, 4.69) is 0 Å². The van der Waals surface area contributed by atoms with E-state index in [0.29, 0.717) is 11.0 Å². The molecule has 1 aliphatic heterocycles. The molecule has 1 amide bonds. The lowest BCUT2D eigenvalue weighted by atomic mass is 10.1. The van der Waals surface area contributed by atoms with Gasteiger partial charge < -0.3 is 15.1 Å². The zero-order valence-corrected chi connectivity index (χ0v) is 9.97. The molecule has 0 radical (unpaired) electrons. The lowest BCUT2D eigenvalue weighted by Gasteiger charge is -2.19. The van der Waals surface area contributed by atoms with Crippen LogP contribution in [-0.4, -0.2) is 34.6 Å². The number of carboxylic acid groups (broad SMARTS) is 2. The maximum absolute atomic E-state index is 13.8. The second-order valence-corrected chi connectivity index (χ2v) is 4.31. The fourth-order valence-electron chi connectivity index (χ4n) is 2.07. The molecule has 0 spiro atoms. The highest BCUT2D eigenvalue weighted by molar-refractivity contribution is 6.05. The van der Waals surface area contributed by atoms with Gasteiger partial charge in [0.15, 0.2) is 11.6 Å². The monoisotopic (exact) mass is 285 g/mol. The van der Waals surface area contributed by atoms with Crippen LogP contribution in [0.5, 0.6) is 0 Å². The van der Waals surface area contributed by atoms with Gasteiger partial charge in [-0.15, -0.1) is 0 Å². The summed E-state index contributed by atoms with van der Waals surface area (Å²) < 4.78 is 27.0. The summed E-state index contributed by atoms with van der Waals surface area (Å²) in [5, 5.41) is 17.8. The first-order valence-corrected chi connectivity index (χ1v) is 5.57. The molecule has 0 bridgehead atoms. The number of benzene rings is 1. The molecule has 1 heterocycles. The number of aliphatic carboxylic acids is 1. The smallest absolute Gasteiger partial charge is 0.337 e. The Morgan fingerprint density at radius 1 is 1.25 bits per heavy atom. The van der Waals surface area contributed by atoms with Crippen molar-refractivity contribution in [3.63, 3.8) is 0 Å². The van der Waals surface area contributed by atoms with E-state index in [1.165, 1.54) is 0 Å². The van der Waals surface area contributed by atoms with Gasteiger partial charge >= 0.3 is 11.9 Å². The molecule has 1 fully saturated rings. The molecule has 0 aliphatic carbocycles. The molecule has 20 heavy (non-hydrogen) atoms. The maximum atomic E-state index is 13.8. The van der Waals surface area contributed by atoms with Gasteiger partial charge in [-0.25, -0.2) is 13.6 Å². The van der Waals surface area contributed by atoms with Crippen molar-refractivity contribution < 1.29 is 33.4 Å².